The molecule has 0 unspecified atom stereocenters. The number of nitrogens with zero attached hydrogens (tertiary/aromatic N) is 1. The minimum absolute atomic E-state index is 0.00734. The molecule has 0 aromatic heterocycles. The Morgan fingerprint density at radius 3 is 2.54 bits per heavy atom. The molecule has 0 rings (SSSR count). The van der Waals surface area contributed by atoms with Gasteiger partial charge in [-0.05, 0) is 33.9 Å². The van der Waals surface area contributed by atoms with E-state index < -0.39 is 0 Å². The highest BCUT2D eigenvalue weighted by Crippen LogP contribution is 1.94. The topological polar surface area (TPSA) is 29.5 Å². The van der Waals surface area contributed by atoms with Gasteiger partial charge in [0.25, 0.3) is 0 Å². The normalized spacial score (nSPS) is 10.9. The Morgan fingerprint density at radius 2 is 2.08 bits per heavy atom. The highest BCUT2D eigenvalue weighted by molar-refractivity contribution is 5.71. The summed E-state index contributed by atoms with van der Waals surface area (Å²) in [5, 5.41) is 0. The van der Waals surface area contributed by atoms with Crippen molar-refractivity contribution >= 4 is 5.97 Å². The van der Waals surface area contributed by atoms with Crippen LogP contribution in [0.2, 0.25) is 0 Å². The van der Waals surface area contributed by atoms with Gasteiger partial charge in [0.2, 0.25) is 0 Å². The van der Waals surface area contributed by atoms with Crippen LogP contribution >= 0.6 is 0 Å². The Balaban J connectivity index is 3.53. The van der Waals surface area contributed by atoms with E-state index in [-0.39, 0.29) is 12.1 Å². The quantitative estimate of drug-likeness (QED) is 0.592. The zero-order chi connectivity index (χ0) is 10.3. The van der Waals surface area contributed by atoms with E-state index in [1.807, 2.05) is 25.8 Å². The summed E-state index contributed by atoms with van der Waals surface area (Å²) in [6.45, 7) is 7.23. The van der Waals surface area contributed by atoms with Crippen LogP contribution in [0.3, 0.4) is 0 Å². The van der Waals surface area contributed by atoms with Gasteiger partial charge in [0.15, 0.2) is 0 Å². The zero-order valence-electron chi connectivity index (χ0n) is 9.17. The SMILES string of the molecule is CCCCN(C)CC(=O)OC(C)C. The summed E-state index contributed by atoms with van der Waals surface area (Å²) in [4.78, 5) is 13.2. The molecule has 0 atom stereocenters. The fraction of sp³-hybridized carbons (Fsp3) is 0.900. The third kappa shape index (κ3) is 7.78. The molecule has 0 bridgehead atoms. The molecule has 0 aliphatic carbocycles. The number of ether oxygens (including phenoxy) is 1. The van der Waals surface area contributed by atoms with Crippen LogP contribution in [0.1, 0.15) is 33.6 Å². The summed E-state index contributed by atoms with van der Waals surface area (Å²) in [5.74, 6) is -0.131. The summed E-state index contributed by atoms with van der Waals surface area (Å²) in [6.07, 6.45) is 2.28. The molecule has 0 saturated heterocycles. The van der Waals surface area contributed by atoms with Crippen LogP contribution in [0.4, 0.5) is 0 Å². The molecule has 3 nitrogen and oxygen atoms in total. The van der Waals surface area contributed by atoms with Gasteiger partial charge in [0.05, 0.1) is 12.6 Å². The number of carbonyl (C=O) groups is 1. The first-order valence-corrected chi connectivity index (χ1v) is 4.94. The Kier molecular flexibility index (Phi) is 6.59. The minimum Gasteiger partial charge on any atom is -0.462 e. The summed E-state index contributed by atoms with van der Waals surface area (Å²) < 4.78 is 5.02. The molecule has 13 heavy (non-hydrogen) atoms. The Labute approximate surface area is 81.1 Å². The second-order valence-corrected chi connectivity index (χ2v) is 3.63. The van der Waals surface area contributed by atoms with E-state index >= 15 is 0 Å². The van der Waals surface area contributed by atoms with E-state index in [1.54, 1.807) is 0 Å². The van der Waals surface area contributed by atoms with E-state index in [0.717, 1.165) is 19.4 Å². The fourth-order valence-electron chi connectivity index (χ4n) is 1.03. The van der Waals surface area contributed by atoms with E-state index in [4.69, 9.17) is 4.74 Å². The number of esters is 1. The predicted molar refractivity (Wildman–Crippen MR) is 53.6 cm³/mol. The summed E-state index contributed by atoms with van der Waals surface area (Å²) in [7, 11) is 1.94. The molecule has 0 heterocycles. The van der Waals surface area contributed by atoms with Crippen LogP contribution in [0, 0.1) is 0 Å². The van der Waals surface area contributed by atoms with Crippen molar-refractivity contribution in [2.24, 2.45) is 0 Å². The summed E-state index contributed by atoms with van der Waals surface area (Å²) >= 11 is 0. The van der Waals surface area contributed by atoms with E-state index in [1.165, 1.54) is 0 Å². The zero-order valence-corrected chi connectivity index (χ0v) is 9.17. The molecule has 0 aromatic rings. The van der Waals surface area contributed by atoms with E-state index in [2.05, 4.69) is 6.92 Å². The number of rotatable bonds is 6. The van der Waals surface area contributed by atoms with Gasteiger partial charge < -0.3 is 4.74 Å². The largest absolute Gasteiger partial charge is 0.462 e. The fourth-order valence-corrected chi connectivity index (χ4v) is 1.03. The van der Waals surface area contributed by atoms with Crippen LogP contribution in [-0.2, 0) is 9.53 Å². The molecule has 0 fully saturated rings. The van der Waals surface area contributed by atoms with Crippen LogP contribution in [0.25, 0.3) is 0 Å². The highest BCUT2D eigenvalue weighted by Gasteiger charge is 2.08. The van der Waals surface area contributed by atoms with Crippen LogP contribution in [0.15, 0.2) is 0 Å². The van der Waals surface area contributed by atoms with Gasteiger partial charge in [-0.15, -0.1) is 0 Å². The number of likely N-dealkylation sites (N-methyl/N-ethyl adjacent to an activating group) is 1. The van der Waals surface area contributed by atoms with Crippen molar-refractivity contribution in [1.29, 1.82) is 0 Å². The monoisotopic (exact) mass is 187 g/mol. The van der Waals surface area contributed by atoms with Gasteiger partial charge in [0.1, 0.15) is 0 Å². The van der Waals surface area contributed by atoms with Gasteiger partial charge >= 0.3 is 5.97 Å². The van der Waals surface area contributed by atoms with Crippen molar-refractivity contribution in [3.8, 4) is 0 Å². The number of hydrogen-bond acceptors (Lipinski definition) is 3. The molecule has 3 heteroatoms. The molecule has 0 aliphatic rings. The highest BCUT2D eigenvalue weighted by atomic mass is 16.5. The van der Waals surface area contributed by atoms with Gasteiger partial charge in [0, 0.05) is 0 Å². The maximum Gasteiger partial charge on any atom is 0.320 e. The first-order valence-electron chi connectivity index (χ1n) is 4.94. The third-order valence-electron chi connectivity index (χ3n) is 1.66. The number of hydrogen-bond donors (Lipinski definition) is 0. The lowest BCUT2D eigenvalue weighted by Gasteiger charge is -2.16. The molecular formula is C10H21NO2. The van der Waals surface area contributed by atoms with Crippen molar-refractivity contribution in [3.63, 3.8) is 0 Å². The molecule has 0 saturated carbocycles. The average molecular weight is 187 g/mol. The smallest absolute Gasteiger partial charge is 0.320 e. The molecule has 78 valence electrons. The second-order valence-electron chi connectivity index (χ2n) is 3.63. The third-order valence-corrected chi connectivity index (χ3v) is 1.66. The molecule has 0 aliphatic heterocycles. The molecule has 0 amide bonds. The predicted octanol–water partition coefficient (Wildman–Crippen LogP) is 1.67. The Hall–Kier alpha value is -0.570. The van der Waals surface area contributed by atoms with Crippen molar-refractivity contribution < 1.29 is 9.53 Å². The van der Waals surface area contributed by atoms with Crippen molar-refractivity contribution in [2.45, 2.75) is 39.7 Å². The van der Waals surface area contributed by atoms with E-state index in [9.17, 15) is 4.79 Å². The number of unbranched alkanes of at least 4 members (excludes halogenated alkanes) is 1. The molecule has 0 radical (unpaired) electrons. The average Bonchev–Trinajstić information content (AvgIpc) is 1.98. The lowest BCUT2D eigenvalue weighted by atomic mass is 10.3. The molecule has 0 spiro atoms. The van der Waals surface area contributed by atoms with Gasteiger partial charge in [-0.25, -0.2) is 0 Å². The lowest BCUT2D eigenvalue weighted by Crippen LogP contribution is -2.29. The standard InChI is InChI=1S/C10H21NO2/c1-5-6-7-11(4)8-10(12)13-9(2)3/h9H,5-8H2,1-4H3. The molecular weight excluding hydrogens is 166 g/mol. The number of carbonyl (C=O) groups excluding carboxylic acids is 1. The maximum absolute atomic E-state index is 11.2. The maximum atomic E-state index is 11.2. The second kappa shape index (κ2) is 6.89. The van der Waals surface area contributed by atoms with Crippen molar-refractivity contribution in [2.75, 3.05) is 20.1 Å². The lowest BCUT2D eigenvalue weighted by molar-refractivity contribution is -0.148. The first kappa shape index (κ1) is 12.4. The van der Waals surface area contributed by atoms with Crippen LogP contribution in [0.5, 0.6) is 0 Å². The minimum atomic E-state index is -0.131. The first-order chi connectivity index (χ1) is 6.06. The van der Waals surface area contributed by atoms with Gasteiger partial charge in [-0.3, -0.25) is 9.69 Å². The van der Waals surface area contributed by atoms with E-state index in [0.29, 0.717) is 6.54 Å². The molecule has 0 aromatic carbocycles. The summed E-state index contributed by atoms with van der Waals surface area (Å²) in [6, 6.07) is 0. The van der Waals surface area contributed by atoms with Crippen molar-refractivity contribution in [1.82, 2.24) is 4.90 Å². The summed E-state index contributed by atoms with van der Waals surface area (Å²) in [5.41, 5.74) is 0. The Bertz CT molecular complexity index is 146. The van der Waals surface area contributed by atoms with Gasteiger partial charge in [-0.2, -0.15) is 0 Å². The van der Waals surface area contributed by atoms with Crippen molar-refractivity contribution in [3.05, 3.63) is 0 Å². The Morgan fingerprint density at radius 1 is 1.46 bits per heavy atom. The van der Waals surface area contributed by atoms with Crippen LogP contribution < -0.4 is 0 Å². The molecule has 0 N–H and O–H groups in total. The van der Waals surface area contributed by atoms with Crippen LogP contribution in [-0.4, -0.2) is 37.1 Å². The van der Waals surface area contributed by atoms with Gasteiger partial charge in [-0.1, -0.05) is 13.3 Å².